The van der Waals surface area contributed by atoms with E-state index in [0.717, 1.165) is 16.5 Å². The van der Waals surface area contributed by atoms with E-state index >= 15 is 0 Å². The Kier molecular flexibility index (Phi) is 5.49. The molecule has 3 aromatic rings. The Morgan fingerprint density at radius 3 is 2.38 bits per heavy atom. The number of hydrogen-bond acceptors (Lipinski definition) is 3. The van der Waals surface area contributed by atoms with E-state index < -0.39 is 0 Å². The van der Waals surface area contributed by atoms with Crippen molar-refractivity contribution in [2.45, 2.75) is 6.92 Å². The van der Waals surface area contributed by atoms with Gasteiger partial charge in [-0.2, -0.15) is 0 Å². The highest BCUT2D eigenvalue weighted by Crippen LogP contribution is 2.22. The third-order valence-electron chi connectivity index (χ3n) is 4.00. The smallest absolute Gasteiger partial charge is 0.251 e. The lowest BCUT2D eigenvalue weighted by Gasteiger charge is -2.10. The molecular weight excluding hydrogens is 326 g/mol. The van der Waals surface area contributed by atoms with Crippen molar-refractivity contribution in [2.24, 2.45) is 0 Å². The van der Waals surface area contributed by atoms with Crippen molar-refractivity contribution in [2.75, 3.05) is 23.7 Å². The summed E-state index contributed by atoms with van der Waals surface area (Å²) < 4.78 is 0. The Morgan fingerprint density at radius 2 is 1.62 bits per heavy atom. The maximum Gasteiger partial charge on any atom is 0.251 e. The maximum atomic E-state index is 12.2. The Hall–Kier alpha value is -3.34. The molecule has 0 bridgehead atoms. The lowest BCUT2D eigenvalue weighted by Crippen LogP contribution is -2.23. The van der Waals surface area contributed by atoms with E-state index in [1.807, 2.05) is 49.4 Å². The number of rotatable bonds is 6. The molecule has 0 aliphatic heterocycles. The highest BCUT2D eigenvalue weighted by atomic mass is 16.2. The zero-order chi connectivity index (χ0) is 18.4. The fourth-order valence-electron chi connectivity index (χ4n) is 2.73. The first-order valence-corrected chi connectivity index (χ1v) is 8.57. The molecule has 3 aromatic carbocycles. The standard InChI is InChI=1S/C21H21N3O2/c1-2-22-21(26)16-10-12-17(13-11-16)24-20(25)14-23-19-9-5-7-15-6-3-4-8-18(15)19/h3-13,23H,2,14H2,1H3,(H,22,26)(H,24,25). The predicted molar refractivity (Wildman–Crippen MR) is 106 cm³/mol. The van der Waals surface area contributed by atoms with Crippen LogP contribution in [0, 0.1) is 0 Å². The third-order valence-corrected chi connectivity index (χ3v) is 4.00. The quantitative estimate of drug-likeness (QED) is 0.637. The summed E-state index contributed by atoms with van der Waals surface area (Å²) in [6, 6.07) is 20.8. The van der Waals surface area contributed by atoms with Gasteiger partial charge in [0.15, 0.2) is 0 Å². The Balaban J connectivity index is 1.59. The van der Waals surface area contributed by atoms with Crippen LogP contribution < -0.4 is 16.0 Å². The van der Waals surface area contributed by atoms with E-state index in [1.165, 1.54) is 0 Å². The number of benzene rings is 3. The Bertz CT molecular complexity index is 915. The summed E-state index contributed by atoms with van der Waals surface area (Å²) in [5.74, 6) is -0.272. The second kappa shape index (κ2) is 8.16. The van der Waals surface area contributed by atoms with E-state index in [4.69, 9.17) is 0 Å². The summed E-state index contributed by atoms with van der Waals surface area (Å²) >= 11 is 0. The summed E-state index contributed by atoms with van der Waals surface area (Å²) in [5, 5.41) is 10.9. The highest BCUT2D eigenvalue weighted by molar-refractivity contribution is 5.98. The van der Waals surface area contributed by atoms with E-state index in [-0.39, 0.29) is 18.4 Å². The van der Waals surface area contributed by atoms with Crippen molar-refractivity contribution < 1.29 is 9.59 Å². The average Bonchev–Trinajstić information content (AvgIpc) is 2.67. The van der Waals surface area contributed by atoms with Crippen molar-refractivity contribution in [3.8, 4) is 0 Å². The first kappa shape index (κ1) is 17.5. The predicted octanol–water partition coefficient (Wildman–Crippen LogP) is 3.64. The van der Waals surface area contributed by atoms with Crippen LogP contribution in [-0.4, -0.2) is 24.9 Å². The molecule has 0 radical (unpaired) electrons. The fourth-order valence-corrected chi connectivity index (χ4v) is 2.73. The van der Waals surface area contributed by atoms with Crippen LogP contribution in [0.15, 0.2) is 66.7 Å². The minimum Gasteiger partial charge on any atom is -0.376 e. The number of fused-ring (bicyclic) bond motifs is 1. The molecule has 5 nitrogen and oxygen atoms in total. The molecule has 0 aliphatic carbocycles. The van der Waals surface area contributed by atoms with Gasteiger partial charge in [-0.25, -0.2) is 0 Å². The molecule has 0 unspecified atom stereocenters. The molecule has 0 heterocycles. The normalized spacial score (nSPS) is 10.3. The molecule has 2 amide bonds. The van der Waals surface area contributed by atoms with Gasteiger partial charge in [-0.3, -0.25) is 9.59 Å². The summed E-state index contributed by atoms with van der Waals surface area (Å²) in [5.41, 5.74) is 2.14. The molecule has 0 aromatic heterocycles. The van der Waals surface area contributed by atoms with Crippen LogP contribution in [0.2, 0.25) is 0 Å². The van der Waals surface area contributed by atoms with E-state index in [0.29, 0.717) is 17.8 Å². The average molecular weight is 347 g/mol. The molecule has 132 valence electrons. The second-order valence-electron chi connectivity index (χ2n) is 5.87. The first-order chi connectivity index (χ1) is 12.7. The maximum absolute atomic E-state index is 12.2. The van der Waals surface area contributed by atoms with Gasteiger partial charge in [0.1, 0.15) is 0 Å². The van der Waals surface area contributed by atoms with E-state index in [9.17, 15) is 9.59 Å². The van der Waals surface area contributed by atoms with Crippen LogP contribution in [-0.2, 0) is 4.79 Å². The van der Waals surface area contributed by atoms with Gasteiger partial charge in [-0.05, 0) is 42.6 Å². The number of hydrogen-bond donors (Lipinski definition) is 3. The lowest BCUT2D eigenvalue weighted by atomic mass is 10.1. The minimum atomic E-state index is -0.149. The molecular formula is C21H21N3O2. The number of amides is 2. The molecule has 0 aliphatic rings. The molecule has 3 rings (SSSR count). The van der Waals surface area contributed by atoms with Crippen LogP contribution in [0.1, 0.15) is 17.3 Å². The molecule has 26 heavy (non-hydrogen) atoms. The summed E-state index contributed by atoms with van der Waals surface area (Å²) in [6.07, 6.45) is 0. The molecule has 0 saturated carbocycles. The summed E-state index contributed by atoms with van der Waals surface area (Å²) in [4.78, 5) is 23.9. The monoisotopic (exact) mass is 347 g/mol. The van der Waals surface area contributed by atoms with Crippen LogP contribution in [0.4, 0.5) is 11.4 Å². The van der Waals surface area contributed by atoms with Crippen molar-refractivity contribution in [1.29, 1.82) is 0 Å². The van der Waals surface area contributed by atoms with Crippen LogP contribution >= 0.6 is 0 Å². The largest absolute Gasteiger partial charge is 0.376 e. The molecule has 3 N–H and O–H groups in total. The summed E-state index contributed by atoms with van der Waals surface area (Å²) in [7, 11) is 0. The number of carbonyl (C=O) groups excluding carboxylic acids is 2. The topological polar surface area (TPSA) is 70.2 Å². The number of nitrogens with one attached hydrogen (secondary N) is 3. The van der Waals surface area contributed by atoms with E-state index in [1.54, 1.807) is 24.3 Å². The number of carbonyl (C=O) groups is 2. The van der Waals surface area contributed by atoms with Gasteiger partial charge in [0.2, 0.25) is 5.91 Å². The van der Waals surface area contributed by atoms with Gasteiger partial charge in [0.05, 0.1) is 6.54 Å². The van der Waals surface area contributed by atoms with Crippen molar-refractivity contribution in [3.63, 3.8) is 0 Å². The van der Waals surface area contributed by atoms with Crippen LogP contribution in [0.5, 0.6) is 0 Å². The lowest BCUT2D eigenvalue weighted by molar-refractivity contribution is -0.114. The number of anilines is 2. The second-order valence-corrected chi connectivity index (χ2v) is 5.87. The van der Waals surface area contributed by atoms with Gasteiger partial charge in [0, 0.05) is 28.9 Å². The van der Waals surface area contributed by atoms with Crippen LogP contribution in [0.3, 0.4) is 0 Å². The molecule has 0 spiro atoms. The Morgan fingerprint density at radius 1 is 0.885 bits per heavy atom. The van der Waals surface area contributed by atoms with Gasteiger partial charge >= 0.3 is 0 Å². The molecule has 0 saturated heterocycles. The van der Waals surface area contributed by atoms with E-state index in [2.05, 4.69) is 16.0 Å². The minimum absolute atomic E-state index is 0.122. The fraction of sp³-hybridized carbons (Fsp3) is 0.143. The zero-order valence-electron chi connectivity index (χ0n) is 14.6. The third kappa shape index (κ3) is 4.19. The highest BCUT2D eigenvalue weighted by Gasteiger charge is 2.07. The molecule has 0 atom stereocenters. The zero-order valence-corrected chi connectivity index (χ0v) is 14.6. The van der Waals surface area contributed by atoms with Gasteiger partial charge in [-0.1, -0.05) is 36.4 Å². The SMILES string of the molecule is CCNC(=O)c1ccc(NC(=O)CNc2cccc3ccccc23)cc1. The van der Waals surface area contributed by atoms with Gasteiger partial charge in [0.25, 0.3) is 5.91 Å². The molecule has 5 heteroatoms. The molecule has 0 fully saturated rings. The van der Waals surface area contributed by atoms with Crippen molar-refractivity contribution in [1.82, 2.24) is 5.32 Å². The van der Waals surface area contributed by atoms with Crippen LogP contribution in [0.25, 0.3) is 10.8 Å². The van der Waals surface area contributed by atoms with Gasteiger partial charge < -0.3 is 16.0 Å². The first-order valence-electron chi connectivity index (χ1n) is 8.57. The Labute approximate surface area is 152 Å². The van der Waals surface area contributed by atoms with Gasteiger partial charge in [-0.15, -0.1) is 0 Å². The summed E-state index contributed by atoms with van der Waals surface area (Å²) in [6.45, 7) is 2.61. The van der Waals surface area contributed by atoms with Crippen molar-refractivity contribution in [3.05, 3.63) is 72.3 Å². The van der Waals surface area contributed by atoms with Crippen molar-refractivity contribution >= 4 is 34.0 Å².